The highest BCUT2D eigenvalue weighted by molar-refractivity contribution is 5.91. The second kappa shape index (κ2) is 10.7. The lowest BCUT2D eigenvalue weighted by atomic mass is 10.1. The van der Waals surface area contributed by atoms with Gasteiger partial charge in [0.25, 0.3) is 0 Å². The first kappa shape index (κ1) is 25.3. The van der Waals surface area contributed by atoms with E-state index in [9.17, 15) is 13.2 Å². The van der Waals surface area contributed by atoms with Gasteiger partial charge in [-0.15, -0.1) is 0 Å². The molecule has 0 aliphatic carbocycles. The van der Waals surface area contributed by atoms with Crippen LogP contribution in [-0.2, 0) is 22.2 Å². The molecule has 184 valence electrons. The van der Waals surface area contributed by atoms with E-state index in [1.807, 2.05) is 0 Å². The zero-order valence-corrected chi connectivity index (χ0v) is 19.3. The third-order valence-electron chi connectivity index (χ3n) is 5.01. The zero-order chi connectivity index (χ0) is 24.9. The number of nitrogens with two attached hydrogens (primary N) is 1. The van der Waals surface area contributed by atoms with Crippen molar-refractivity contribution in [3.05, 3.63) is 47.3 Å². The molecule has 1 atom stereocenters. The first-order chi connectivity index (χ1) is 16.1. The van der Waals surface area contributed by atoms with E-state index in [1.165, 1.54) is 13.2 Å². The standard InChI is InChI=1S/C23H27F3N4O4/c1-13-29-19-9-20(33-4)21(34-12-17(32-3)11-31-2)8-18(19)22(30-13)28-10-14-5-15(23(24,25)26)7-16(27)6-14/h5-9,17H,10-12,27H2,1-4H3,(H,28,29,30). The van der Waals surface area contributed by atoms with Gasteiger partial charge in [-0.3, -0.25) is 0 Å². The lowest BCUT2D eigenvalue weighted by molar-refractivity contribution is -0.137. The van der Waals surface area contributed by atoms with Crippen LogP contribution in [0.3, 0.4) is 0 Å². The van der Waals surface area contributed by atoms with Gasteiger partial charge in [0, 0.05) is 37.9 Å². The number of aromatic nitrogens is 2. The molecule has 0 fully saturated rings. The van der Waals surface area contributed by atoms with E-state index in [0.29, 0.717) is 46.2 Å². The molecule has 3 aromatic rings. The third-order valence-corrected chi connectivity index (χ3v) is 5.01. The number of benzene rings is 2. The van der Waals surface area contributed by atoms with Crippen LogP contribution < -0.4 is 20.5 Å². The number of anilines is 2. The van der Waals surface area contributed by atoms with Crippen molar-refractivity contribution < 1.29 is 32.1 Å². The molecule has 11 heteroatoms. The molecule has 34 heavy (non-hydrogen) atoms. The van der Waals surface area contributed by atoms with Crippen LogP contribution in [0, 0.1) is 6.92 Å². The van der Waals surface area contributed by atoms with Gasteiger partial charge >= 0.3 is 6.18 Å². The highest BCUT2D eigenvalue weighted by Gasteiger charge is 2.31. The van der Waals surface area contributed by atoms with Crippen LogP contribution in [0.1, 0.15) is 17.0 Å². The van der Waals surface area contributed by atoms with Crippen LogP contribution in [0.2, 0.25) is 0 Å². The molecule has 0 aliphatic heterocycles. The van der Waals surface area contributed by atoms with Crippen molar-refractivity contribution in [1.29, 1.82) is 0 Å². The fourth-order valence-electron chi connectivity index (χ4n) is 3.38. The summed E-state index contributed by atoms with van der Waals surface area (Å²) in [6, 6.07) is 6.87. The summed E-state index contributed by atoms with van der Waals surface area (Å²) in [4.78, 5) is 8.87. The number of nitrogen functional groups attached to an aromatic ring is 1. The largest absolute Gasteiger partial charge is 0.493 e. The van der Waals surface area contributed by atoms with Crippen molar-refractivity contribution in [2.75, 3.05) is 45.6 Å². The first-order valence-electron chi connectivity index (χ1n) is 10.4. The Labute approximate surface area is 195 Å². The second-order valence-electron chi connectivity index (χ2n) is 7.58. The number of methoxy groups -OCH3 is 3. The molecule has 0 aliphatic rings. The number of rotatable bonds is 10. The summed E-state index contributed by atoms with van der Waals surface area (Å²) in [6.45, 7) is 2.35. The number of fused-ring (bicyclic) bond motifs is 1. The molecule has 1 aromatic heterocycles. The Bertz CT molecular complexity index is 1140. The van der Waals surface area contributed by atoms with E-state index in [2.05, 4.69) is 15.3 Å². The van der Waals surface area contributed by atoms with Gasteiger partial charge in [-0.25, -0.2) is 9.97 Å². The van der Waals surface area contributed by atoms with Crippen molar-refractivity contribution in [1.82, 2.24) is 9.97 Å². The Morgan fingerprint density at radius 1 is 1.00 bits per heavy atom. The van der Waals surface area contributed by atoms with E-state index >= 15 is 0 Å². The molecule has 1 unspecified atom stereocenters. The smallest absolute Gasteiger partial charge is 0.416 e. The molecule has 2 aromatic carbocycles. The highest BCUT2D eigenvalue weighted by Crippen LogP contribution is 2.35. The monoisotopic (exact) mass is 480 g/mol. The number of nitrogens with zero attached hydrogens (tertiary/aromatic N) is 2. The molecule has 1 heterocycles. The molecule has 8 nitrogen and oxygen atoms in total. The van der Waals surface area contributed by atoms with Crippen LogP contribution >= 0.6 is 0 Å². The summed E-state index contributed by atoms with van der Waals surface area (Å²) in [6.07, 6.45) is -4.78. The average Bonchev–Trinajstić information content (AvgIpc) is 2.78. The molecule has 3 N–H and O–H groups in total. The summed E-state index contributed by atoms with van der Waals surface area (Å²) < 4.78 is 61.2. The quantitative estimate of drug-likeness (QED) is 0.417. The van der Waals surface area contributed by atoms with Gasteiger partial charge in [-0.1, -0.05) is 0 Å². The van der Waals surface area contributed by atoms with E-state index in [-0.39, 0.29) is 24.9 Å². The normalized spacial score (nSPS) is 12.6. The average molecular weight is 480 g/mol. The zero-order valence-electron chi connectivity index (χ0n) is 19.3. The van der Waals surface area contributed by atoms with Crippen molar-refractivity contribution in [3.8, 4) is 11.5 Å². The summed E-state index contributed by atoms with van der Waals surface area (Å²) in [5.41, 5.74) is 5.85. The number of alkyl halides is 3. The van der Waals surface area contributed by atoms with Crippen molar-refractivity contribution in [2.45, 2.75) is 25.7 Å². The van der Waals surface area contributed by atoms with Gasteiger partial charge in [0.2, 0.25) is 0 Å². The molecule has 0 saturated carbocycles. The van der Waals surface area contributed by atoms with Gasteiger partial charge in [-0.2, -0.15) is 13.2 Å². The molecule has 0 amide bonds. The lowest BCUT2D eigenvalue weighted by Crippen LogP contribution is -2.25. The van der Waals surface area contributed by atoms with Crippen LogP contribution in [0.15, 0.2) is 30.3 Å². The van der Waals surface area contributed by atoms with Crippen LogP contribution in [0.25, 0.3) is 10.9 Å². The minimum atomic E-state index is -4.49. The van der Waals surface area contributed by atoms with Gasteiger partial charge in [0.1, 0.15) is 24.4 Å². The number of halogens is 3. The maximum atomic E-state index is 13.2. The lowest BCUT2D eigenvalue weighted by Gasteiger charge is -2.18. The molecule has 0 bridgehead atoms. The summed E-state index contributed by atoms with van der Waals surface area (Å²) in [5.74, 6) is 1.82. The Kier molecular flexibility index (Phi) is 8.00. The summed E-state index contributed by atoms with van der Waals surface area (Å²) in [7, 11) is 4.64. The van der Waals surface area contributed by atoms with Crippen LogP contribution in [-0.4, -0.2) is 50.6 Å². The molecular weight excluding hydrogens is 453 g/mol. The maximum Gasteiger partial charge on any atom is 0.416 e. The molecule has 3 rings (SSSR count). The van der Waals surface area contributed by atoms with Crippen LogP contribution in [0.5, 0.6) is 11.5 Å². The van der Waals surface area contributed by atoms with Gasteiger partial charge in [-0.05, 0) is 36.8 Å². The third kappa shape index (κ3) is 6.17. The van der Waals surface area contributed by atoms with Crippen molar-refractivity contribution in [3.63, 3.8) is 0 Å². The number of hydrogen-bond donors (Lipinski definition) is 2. The molecule has 0 saturated heterocycles. The van der Waals surface area contributed by atoms with Gasteiger partial charge in [0.05, 0.1) is 24.8 Å². The van der Waals surface area contributed by atoms with E-state index in [4.69, 9.17) is 24.7 Å². The van der Waals surface area contributed by atoms with Crippen molar-refractivity contribution >= 4 is 22.4 Å². The number of ether oxygens (including phenoxy) is 4. The number of nitrogens with one attached hydrogen (secondary N) is 1. The minimum Gasteiger partial charge on any atom is -0.493 e. The van der Waals surface area contributed by atoms with E-state index in [0.717, 1.165) is 12.1 Å². The Morgan fingerprint density at radius 2 is 1.76 bits per heavy atom. The molecule has 0 spiro atoms. The fourth-order valence-corrected chi connectivity index (χ4v) is 3.38. The highest BCUT2D eigenvalue weighted by atomic mass is 19.4. The summed E-state index contributed by atoms with van der Waals surface area (Å²) >= 11 is 0. The van der Waals surface area contributed by atoms with Crippen LogP contribution in [0.4, 0.5) is 24.7 Å². The summed E-state index contributed by atoms with van der Waals surface area (Å²) in [5, 5.41) is 3.71. The Hall–Kier alpha value is -3.31. The second-order valence-corrected chi connectivity index (χ2v) is 7.58. The van der Waals surface area contributed by atoms with Crippen molar-refractivity contribution in [2.24, 2.45) is 0 Å². The SMILES string of the molecule is COCC(COc1cc2c(NCc3cc(N)cc(C(F)(F)F)c3)nc(C)nc2cc1OC)OC. The Balaban J connectivity index is 1.92. The maximum absolute atomic E-state index is 13.2. The predicted molar refractivity (Wildman–Crippen MR) is 122 cm³/mol. The van der Waals surface area contributed by atoms with Gasteiger partial charge in [0.15, 0.2) is 11.5 Å². The molecular formula is C23H27F3N4O4. The molecule has 0 radical (unpaired) electrons. The predicted octanol–water partition coefficient (Wildman–Crippen LogP) is 4.20. The van der Waals surface area contributed by atoms with E-state index < -0.39 is 11.7 Å². The van der Waals surface area contributed by atoms with Gasteiger partial charge < -0.3 is 30.0 Å². The topological polar surface area (TPSA) is 101 Å². The van der Waals surface area contributed by atoms with E-state index in [1.54, 1.807) is 33.3 Å². The first-order valence-corrected chi connectivity index (χ1v) is 10.4. The number of aryl methyl sites for hydroxylation is 1. The Morgan fingerprint density at radius 3 is 2.41 bits per heavy atom. The minimum absolute atomic E-state index is 0.0273. The fraction of sp³-hybridized carbons (Fsp3) is 0.391. The number of hydrogen-bond acceptors (Lipinski definition) is 8.